The molecule has 1 aromatic carbocycles. The fraction of sp³-hybridized carbons (Fsp3) is 0.385. The summed E-state index contributed by atoms with van der Waals surface area (Å²) in [6.45, 7) is 4.35. The van der Waals surface area contributed by atoms with E-state index in [1.54, 1.807) is 0 Å². The highest BCUT2D eigenvalue weighted by Crippen LogP contribution is 2.36. The summed E-state index contributed by atoms with van der Waals surface area (Å²) < 4.78 is 0. The normalized spacial score (nSPS) is 24.8. The van der Waals surface area contributed by atoms with Gasteiger partial charge in [-0.05, 0) is 19.1 Å². The molecule has 0 fully saturated rings. The van der Waals surface area contributed by atoms with E-state index in [1.807, 2.05) is 49.2 Å². The number of para-hydroxylation sites is 1. The van der Waals surface area contributed by atoms with E-state index in [9.17, 15) is 4.79 Å². The zero-order valence-electron chi connectivity index (χ0n) is 10.4. The number of anilines is 1. The first kappa shape index (κ1) is 12.9. The summed E-state index contributed by atoms with van der Waals surface area (Å²) in [5.41, 5.74) is 6.58. The van der Waals surface area contributed by atoms with Crippen LogP contribution in [0.5, 0.6) is 0 Å². The first-order chi connectivity index (χ1) is 8.45. The summed E-state index contributed by atoms with van der Waals surface area (Å²) in [7, 11) is 0. The zero-order valence-corrected chi connectivity index (χ0v) is 11.2. The smallest absolute Gasteiger partial charge is 0.236 e. The van der Waals surface area contributed by atoms with Gasteiger partial charge in [0.05, 0.1) is 17.6 Å². The molecule has 0 saturated carbocycles. The molecule has 1 aliphatic rings. The van der Waals surface area contributed by atoms with Crippen molar-refractivity contribution in [1.29, 1.82) is 0 Å². The third-order valence-corrected chi connectivity index (χ3v) is 4.14. The van der Waals surface area contributed by atoms with Crippen molar-refractivity contribution in [3.63, 3.8) is 0 Å². The number of halogens is 1. The maximum Gasteiger partial charge on any atom is 0.236 e. The molecule has 2 rings (SSSR count). The summed E-state index contributed by atoms with van der Waals surface area (Å²) in [5, 5.41) is 5.57. The minimum atomic E-state index is -0.755. The number of rotatable bonds is 3. The topological polar surface area (TPSA) is 58.7 Å². The number of nitrogens with two attached hydrogens (primary N) is 1. The number of hydrazone groups is 1. The monoisotopic (exact) mass is 265 g/mol. The lowest BCUT2D eigenvalue weighted by atomic mass is 9.82. The quantitative estimate of drug-likeness (QED) is 0.850. The van der Waals surface area contributed by atoms with Crippen LogP contribution in [0, 0.1) is 5.41 Å². The van der Waals surface area contributed by atoms with Crippen LogP contribution < -0.4 is 10.7 Å². The van der Waals surface area contributed by atoms with Crippen molar-refractivity contribution in [2.75, 3.05) is 11.6 Å². The van der Waals surface area contributed by atoms with Crippen molar-refractivity contribution in [2.24, 2.45) is 16.3 Å². The van der Waals surface area contributed by atoms with Crippen molar-refractivity contribution in [2.45, 2.75) is 19.2 Å². The lowest BCUT2D eigenvalue weighted by Crippen LogP contribution is -2.45. The minimum Gasteiger partial charge on any atom is -0.368 e. The summed E-state index contributed by atoms with van der Waals surface area (Å²) in [6.07, 6.45) is 0. The number of benzene rings is 1. The predicted molar refractivity (Wildman–Crippen MR) is 73.8 cm³/mol. The molecule has 96 valence electrons. The Hall–Kier alpha value is -1.55. The molecule has 1 heterocycles. The van der Waals surface area contributed by atoms with Crippen LogP contribution >= 0.6 is 11.6 Å². The molecule has 0 aliphatic carbocycles. The van der Waals surface area contributed by atoms with Crippen LogP contribution in [0.1, 0.15) is 13.8 Å². The number of amides is 1. The van der Waals surface area contributed by atoms with Crippen LogP contribution in [0.15, 0.2) is 35.4 Å². The van der Waals surface area contributed by atoms with Gasteiger partial charge in [-0.2, -0.15) is 5.10 Å². The van der Waals surface area contributed by atoms with Gasteiger partial charge in [-0.15, -0.1) is 11.6 Å². The van der Waals surface area contributed by atoms with Crippen LogP contribution in [-0.4, -0.2) is 23.5 Å². The predicted octanol–water partition coefficient (Wildman–Crippen LogP) is 1.98. The second-order valence-electron chi connectivity index (χ2n) is 4.76. The Kier molecular flexibility index (Phi) is 3.30. The largest absolute Gasteiger partial charge is 0.368 e. The second kappa shape index (κ2) is 4.61. The average molecular weight is 266 g/mol. The molecule has 1 aliphatic heterocycles. The molecule has 5 heteroatoms. The fourth-order valence-corrected chi connectivity index (χ4v) is 2.31. The first-order valence-electron chi connectivity index (χ1n) is 5.77. The zero-order chi connectivity index (χ0) is 13.3. The average Bonchev–Trinajstić information content (AvgIpc) is 2.67. The summed E-state index contributed by atoms with van der Waals surface area (Å²) in [6, 6.07) is 9.78. The van der Waals surface area contributed by atoms with Gasteiger partial charge in [0.1, 0.15) is 5.38 Å². The molecule has 0 bridgehead atoms. The molecule has 0 radical (unpaired) electrons. The minimum absolute atomic E-state index is 0.511. The Balaban J connectivity index is 2.27. The van der Waals surface area contributed by atoms with E-state index < -0.39 is 16.7 Å². The van der Waals surface area contributed by atoms with Gasteiger partial charge < -0.3 is 5.73 Å². The van der Waals surface area contributed by atoms with Gasteiger partial charge in [0.2, 0.25) is 5.91 Å². The van der Waals surface area contributed by atoms with E-state index in [1.165, 1.54) is 0 Å². The Labute approximate surface area is 111 Å². The maximum atomic E-state index is 11.3. The summed E-state index contributed by atoms with van der Waals surface area (Å²) in [4.78, 5) is 11.3. The van der Waals surface area contributed by atoms with Gasteiger partial charge in [-0.1, -0.05) is 25.1 Å². The number of carbonyl (C=O) groups is 1. The highest BCUT2D eigenvalue weighted by molar-refractivity contribution is 6.33. The van der Waals surface area contributed by atoms with Crippen LogP contribution in [0.4, 0.5) is 5.69 Å². The van der Waals surface area contributed by atoms with Gasteiger partial charge in [-0.3, -0.25) is 9.80 Å². The van der Waals surface area contributed by atoms with E-state index in [0.29, 0.717) is 6.54 Å². The van der Waals surface area contributed by atoms with Crippen molar-refractivity contribution < 1.29 is 4.79 Å². The van der Waals surface area contributed by atoms with Crippen molar-refractivity contribution in [3.05, 3.63) is 30.3 Å². The Morgan fingerprint density at radius 2 is 2.11 bits per heavy atom. The lowest BCUT2D eigenvalue weighted by molar-refractivity contribution is -0.118. The van der Waals surface area contributed by atoms with Crippen LogP contribution in [-0.2, 0) is 4.79 Å². The molecule has 1 aromatic rings. The molecule has 2 N–H and O–H groups in total. The molecule has 1 amide bonds. The van der Waals surface area contributed by atoms with Crippen LogP contribution in [0.3, 0.4) is 0 Å². The van der Waals surface area contributed by atoms with E-state index in [0.717, 1.165) is 11.4 Å². The molecular weight excluding hydrogens is 250 g/mol. The SMILES string of the molecule is CC1=NN(c2ccccc2)CC1(C)C(Cl)C(N)=O. The number of carbonyl (C=O) groups excluding carboxylic acids is 1. The molecule has 2 atom stereocenters. The molecular formula is C13H16ClN3O. The number of hydrogen-bond donors (Lipinski definition) is 1. The van der Waals surface area contributed by atoms with Gasteiger partial charge in [0.25, 0.3) is 0 Å². The van der Waals surface area contributed by atoms with Gasteiger partial charge >= 0.3 is 0 Å². The van der Waals surface area contributed by atoms with Crippen LogP contribution in [0.2, 0.25) is 0 Å². The number of alkyl halides is 1. The van der Waals surface area contributed by atoms with E-state index in [4.69, 9.17) is 17.3 Å². The van der Waals surface area contributed by atoms with E-state index in [-0.39, 0.29) is 0 Å². The lowest BCUT2D eigenvalue weighted by Gasteiger charge is -2.28. The summed E-state index contributed by atoms with van der Waals surface area (Å²) >= 11 is 6.13. The second-order valence-corrected chi connectivity index (χ2v) is 5.20. The van der Waals surface area contributed by atoms with Gasteiger partial charge in [0, 0.05) is 5.71 Å². The maximum absolute atomic E-state index is 11.3. The van der Waals surface area contributed by atoms with Gasteiger partial charge in [-0.25, -0.2) is 0 Å². The molecule has 0 saturated heterocycles. The van der Waals surface area contributed by atoms with Crippen LogP contribution in [0.25, 0.3) is 0 Å². The third kappa shape index (κ3) is 2.08. The van der Waals surface area contributed by atoms with Crippen molar-refractivity contribution >= 4 is 28.9 Å². The number of primary amides is 1. The highest BCUT2D eigenvalue weighted by Gasteiger charge is 2.45. The first-order valence-corrected chi connectivity index (χ1v) is 6.20. The van der Waals surface area contributed by atoms with E-state index >= 15 is 0 Å². The third-order valence-electron chi connectivity index (χ3n) is 3.44. The number of hydrogen-bond acceptors (Lipinski definition) is 3. The Bertz CT molecular complexity index is 488. The molecule has 18 heavy (non-hydrogen) atoms. The Morgan fingerprint density at radius 3 is 2.67 bits per heavy atom. The summed E-state index contributed by atoms with van der Waals surface area (Å²) in [5.74, 6) is -0.511. The molecule has 2 unspecified atom stereocenters. The van der Waals surface area contributed by atoms with Crippen molar-refractivity contribution in [1.82, 2.24) is 0 Å². The Morgan fingerprint density at radius 1 is 1.50 bits per heavy atom. The number of nitrogens with zero attached hydrogens (tertiary/aromatic N) is 2. The molecule has 4 nitrogen and oxygen atoms in total. The highest BCUT2D eigenvalue weighted by atomic mass is 35.5. The van der Waals surface area contributed by atoms with E-state index in [2.05, 4.69) is 5.10 Å². The van der Waals surface area contributed by atoms with Crippen molar-refractivity contribution in [3.8, 4) is 0 Å². The fourth-order valence-electron chi connectivity index (χ4n) is 2.08. The molecule has 0 spiro atoms. The molecule has 0 aromatic heterocycles. The standard InChI is InChI=1S/C13H16ClN3O/c1-9-13(2,11(14)12(15)18)8-17(16-9)10-6-4-3-5-7-10/h3-7,11H,8H2,1-2H3,(H2,15,18). The van der Waals surface area contributed by atoms with Gasteiger partial charge in [0.15, 0.2) is 0 Å².